The second kappa shape index (κ2) is 6.62. The summed E-state index contributed by atoms with van der Waals surface area (Å²) in [5.41, 5.74) is 7.67. The lowest BCUT2D eigenvalue weighted by molar-refractivity contribution is 0.0950. The number of rotatable bonds is 4. The maximum Gasteiger partial charge on any atom is 0.251 e. The van der Waals surface area contributed by atoms with Crippen LogP contribution in [0.1, 0.15) is 16.2 Å². The number of hydrogen-bond donors (Lipinski definition) is 3. The first-order chi connectivity index (χ1) is 11.1. The summed E-state index contributed by atoms with van der Waals surface area (Å²) in [7, 11) is 0. The summed E-state index contributed by atoms with van der Waals surface area (Å²) in [6.45, 7) is 0.271. The Balaban J connectivity index is 1.64. The number of anilines is 1. The van der Waals surface area contributed by atoms with E-state index in [9.17, 15) is 4.79 Å². The number of amides is 1. The van der Waals surface area contributed by atoms with Crippen LogP contribution in [0.5, 0.6) is 0 Å². The van der Waals surface area contributed by atoms with E-state index in [4.69, 9.17) is 5.73 Å². The van der Waals surface area contributed by atoms with Gasteiger partial charge in [-0.3, -0.25) is 9.89 Å². The minimum atomic E-state index is -0.188. The third kappa shape index (κ3) is 3.75. The van der Waals surface area contributed by atoms with Crippen LogP contribution in [0.3, 0.4) is 0 Å². The van der Waals surface area contributed by atoms with Crippen LogP contribution in [0.2, 0.25) is 0 Å². The highest BCUT2D eigenvalue weighted by Gasteiger charge is 2.08. The Bertz CT molecular complexity index is 811. The first-order valence-corrected chi connectivity index (χ1v) is 7.72. The van der Waals surface area contributed by atoms with Gasteiger partial charge in [-0.05, 0) is 36.4 Å². The van der Waals surface area contributed by atoms with Crippen LogP contribution in [0.25, 0.3) is 11.4 Å². The fourth-order valence-corrected chi connectivity index (χ4v) is 2.27. The lowest BCUT2D eigenvalue weighted by Crippen LogP contribution is -2.23. The van der Waals surface area contributed by atoms with Gasteiger partial charge in [-0.25, -0.2) is 4.98 Å². The maximum absolute atomic E-state index is 12.0. The molecule has 3 aromatic rings. The Hall–Kier alpha value is -2.67. The predicted molar refractivity (Wildman–Crippen MR) is 91.5 cm³/mol. The summed E-state index contributed by atoms with van der Waals surface area (Å²) in [5.74, 6) is 0.993. The molecule has 6 nitrogen and oxygen atoms in total. The van der Waals surface area contributed by atoms with E-state index in [1.54, 1.807) is 24.3 Å². The second-order valence-electron chi connectivity index (χ2n) is 4.92. The molecule has 116 valence electrons. The zero-order valence-electron chi connectivity index (χ0n) is 12.1. The van der Waals surface area contributed by atoms with Crippen molar-refractivity contribution >= 4 is 27.5 Å². The number of carbonyl (C=O) groups is 1. The Kier molecular flexibility index (Phi) is 4.38. The third-order valence-corrected chi connectivity index (χ3v) is 3.75. The highest BCUT2D eigenvalue weighted by atomic mass is 79.9. The number of aromatic nitrogens is 3. The van der Waals surface area contributed by atoms with E-state index in [1.165, 1.54) is 0 Å². The molecule has 0 spiro atoms. The Labute approximate surface area is 141 Å². The SMILES string of the molecule is Nc1ccc(C(=O)NCc2nc(-c3ccc(Br)cc3)n[nH]2)cc1. The number of H-pyrrole nitrogens is 1. The van der Waals surface area contributed by atoms with Gasteiger partial charge in [-0.1, -0.05) is 28.1 Å². The number of nitrogen functional groups attached to an aromatic ring is 1. The molecule has 0 atom stereocenters. The number of halogens is 1. The van der Waals surface area contributed by atoms with Crippen molar-refractivity contribution < 1.29 is 4.79 Å². The zero-order valence-corrected chi connectivity index (χ0v) is 13.7. The van der Waals surface area contributed by atoms with Crippen molar-refractivity contribution in [1.82, 2.24) is 20.5 Å². The molecular formula is C16H14BrN5O. The minimum Gasteiger partial charge on any atom is -0.399 e. The molecular weight excluding hydrogens is 358 g/mol. The molecule has 0 saturated heterocycles. The number of nitrogens with one attached hydrogen (secondary N) is 2. The van der Waals surface area contributed by atoms with Gasteiger partial charge in [-0.15, -0.1) is 0 Å². The van der Waals surface area contributed by atoms with Crippen molar-refractivity contribution in [1.29, 1.82) is 0 Å². The Morgan fingerprint density at radius 2 is 1.83 bits per heavy atom. The standard InChI is InChI=1S/C16H14BrN5O/c17-12-5-1-10(2-6-12)15-20-14(21-22-15)9-19-16(23)11-3-7-13(18)8-4-11/h1-8H,9,18H2,(H,19,23)(H,20,21,22). The van der Waals surface area contributed by atoms with Gasteiger partial charge in [0, 0.05) is 21.3 Å². The third-order valence-electron chi connectivity index (χ3n) is 3.22. The molecule has 2 aromatic carbocycles. The van der Waals surface area contributed by atoms with Crippen LogP contribution in [0.15, 0.2) is 53.0 Å². The van der Waals surface area contributed by atoms with Crippen LogP contribution in [0.4, 0.5) is 5.69 Å². The van der Waals surface area contributed by atoms with Gasteiger partial charge in [0.25, 0.3) is 5.91 Å². The van der Waals surface area contributed by atoms with E-state index in [0.29, 0.717) is 22.9 Å². The molecule has 3 rings (SSSR count). The van der Waals surface area contributed by atoms with Crippen molar-refractivity contribution in [2.24, 2.45) is 0 Å². The molecule has 4 N–H and O–H groups in total. The summed E-state index contributed by atoms with van der Waals surface area (Å²) in [6, 6.07) is 14.4. The van der Waals surface area contributed by atoms with E-state index in [-0.39, 0.29) is 12.5 Å². The molecule has 0 aliphatic rings. The van der Waals surface area contributed by atoms with Crippen LogP contribution in [-0.2, 0) is 6.54 Å². The first-order valence-electron chi connectivity index (χ1n) is 6.93. The van der Waals surface area contributed by atoms with Gasteiger partial charge in [-0.2, -0.15) is 5.10 Å². The molecule has 1 aromatic heterocycles. The van der Waals surface area contributed by atoms with Crippen LogP contribution in [-0.4, -0.2) is 21.1 Å². The van der Waals surface area contributed by atoms with Crippen LogP contribution >= 0.6 is 15.9 Å². The van der Waals surface area contributed by atoms with Gasteiger partial charge in [0.15, 0.2) is 5.82 Å². The molecule has 0 radical (unpaired) electrons. The van der Waals surface area contributed by atoms with E-state index in [2.05, 4.69) is 36.4 Å². The van der Waals surface area contributed by atoms with Crippen molar-refractivity contribution in [2.75, 3.05) is 5.73 Å². The predicted octanol–water partition coefficient (Wildman–Crippen LogP) is 2.75. The van der Waals surface area contributed by atoms with Gasteiger partial charge >= 0.3 is 0 Å². The average molecular weight is 372 g/mol. The monoisotopic (exact) mass is 371 g/mol. The summed E-state index contributed by atoms with van der Waals surface area (Å²) in [4.78, 5) is 16.4. The van der Waals surface area contributed by atoms with Crippen molar-refractivity contribution in [3.8, 4) is 11.4 Å². The molecule has 0 fully saturated rings. The molecule has 0 aliphatic heterocycles. The number of nitrogens with zero attached hydrogens (tertiary/aromatic N) is 2. The topological polar surface area (TPSA) is 96.7 Å². The van der Waals surface area contributed by atoms with Gasteiger partial charge < -0.3 is 11.1 Å². The normalized spacial score (nSPS) is 10.5. The molecule has 7 heteroatoms. The summed E-state index contributed by atoms with van der Waals surface area (Å²) >= 11 is 3.39. The number of aromatic amines is 1. The summed E-state index contributed by atoms with van der Waals surface area (Å²) in [5, 5.41) is 9.77. The van der Waals surface area contributed by atoms with E-state index < -0.39 is 0 Å². The van der Waals surface area contributed by atoms with E-state index in [1.807, 2.05) is 24.3 Å². The van der Waals surface area contributed by atoms with Crippen molar-refractivity contribution in [3.05, 3.63) is 64.4 Å². The molecule has 1 amide bonds. The van der Waals surface area contributed by atoms with Gasteiger partial charge in [0.2, 0.25) is 0 Å². The summed E-state index contributed by atoms with van der Waals surface area (Å²) in [6.07, 6.45) is 0. The number of carbonyl (C=O) groups excluding carboxylic acids is 1. The zero-order chi connectivity index (χ0) is 16.2. The first kappa shape index (κ1) is 15.2. The highest BCUT2D eigenvalue weighted by molar-refractivity contribution is 9.10. The fraction of sp³-hybridized carbons (Fsp3) is 0.0625. The van der Waals surface area contributed by atoms with Crippen molar-refractivity contribution in [2.45, 2.75) is 6.54 Å². The fourth-order valence-electron chi connectivity index (χ4n) is 2.00. The number of benzene rings is 2. The van der Waals surface area contributed by atoms with Crippen LogP contribution < -0.4 is 11.1 Å². The van der Waals surface area contributed by atoms with E-state index in [0.717, 1.165) is 10.0 Å². The Morgan fingerprint density at radius 1 is 1.13 bits per heavy atom. The molecule has 0 bridgehead atoms. The number of hydrogen-bond acceptors (Lipinski definition) is 4. The van der Waals surface area contributed by atoms with E-state index >= 15 is 0 Å². The minimum absolute atomic E-state index is 0.188. The maximum atomic E-state index is 12.0. The molecule has 1 heterocycles. The summed E-state index contributed by atoms with van der Waals surface area (Å²) < 4.78 is 0.993. The molecule has 23 heavy (non-hydrogen) atoms. The van der Waals surface area contributed by atoms with Gasteiger partial charge in [0.1, 0.15) is 5.82 Å². The highest BCUT2D eigenvalue weighted by Crippen LogP contribution is 2.18. The lowest BCUT2D eigenvalue weighted by atomic mass is 10.2. The lowest BCUT2D eigenvalue weighted by Gasteiger charge is -2.03. The second-order valence-corrected chi connectivity index (χ2v) is 5.83. The number of nitrogens with two attached hydrogens (primary N) is 1. The molecule has 0 unspecified atom stereocenters. The quantitative estimate of drug-likeness (QED) is 0.614. The van der Waals surface area contributed by atoms with Gasteiger partial charge in [0.05, 0.1) is 6.54 Å². The largest absolute Gasteiger partial charge is 0.399 e. The van der Waals surface area contributed by atoms with Crippen LogP contribution in [0, 0.1) is 0 Å². The molecule has 0 aliphatic carbocycles. The average Bonchev–Trinajstić information content (AvgIpc) is 3.03. The molecule has 0 saturated carbocycles. The smallest absolute Gasteiger partial charge is 0.251 e. The van der Waals surface area contributed by atoms with Crippen molar-refractivity contribution in [3.63, 3.8) is 0 Å². The Morgan fingerprint density at radius 3 is 2.52 bits per heavy atom.